The Kier molecular flexibility index (Phi) is 5.34. The van der Waals surface area contributed by atoms with Crippen LogP contribution in [-0.4, -0.2) is 61.4 Å². The summed E-state index contributed by atoms with van der Waals surface area (Å²) < 4.78 is 0. The first kappa shape index (κ1) is 19.5. The van der Waals surface area contributed by atoms with Gasteiger partial charge in [0, 0.05) is 62.9 Å². The summed E-state index contributed by atoms with van der Waals surface area (Å²) in [5.74, 6) is 1.53. The Balaban J connectivity index is 1.38. The number of carbonyl (C=O) groups excluding carboxylic acids is 2. The molecule has 2 amide bonds. The summed E-state index contributed by atoms with van der Waals surface area (Å²) in [4.78, 5) is 37.4. The lowest BCUT2D eigenvalue weighted by Crippen LogP contribution is -2.38. The molecule has 154 valence electrons. The molecule has 8 heteroatoms. The van der Waals surface area contributed by atoms with Gasteiger partial charge >= 0.3 is 0 Å². The van der Waals surface area contributed by atoms with E-state index >= 15 is 0 Å². The molecule has 0 aliphatic carbocycles. The molecule has 2 aliphatic rings. The van der Waals surface area contributed by atoms with Crippen LogP contribution in [0.5, 0.6) is 0 Å². The standard InChI is InChI=1S/C21H28N6O2/c1-13(2)18-10-19(25-24-18)21(29)26-7-4-15(5-8-26)20-22-11-16-12-27(14(3)28)9-6-17(16)23-20/h10-11,13,15H,4-9,12H2,1-3H3,(H,24,25). The van der Waals surface area contributed by atoms with Crippen molar-refractivity contribution in [1.82, 2.24) is 30.0 Å². The number of aromatic amines is 1. The number of fused-ring (bicyclic) bond motifs is 1. The van der Waals surface area contributed by atoms with Crippen LogP contribution in [0.15, 0.2) is 12.3 Å². The summed E-state index contributed by atoms with van der Waals surface area (Å²) in [6.45, 7) is 8.43. The van der Waals surface area contributed by atoms with Crippen molar-refractivity contribution in [1.29, 1.82) is 0 Å². The first-order valence-electron chi connectivity index (χ1n) is 10.4. The van der Waals surface area contributed by atoms with Gasteiger partial charge in [0.25, 0.3) is 5.91 Å². The molecular weight excluding hydrogens is 368 g/mol. The molecule has 8 nitrogen and oxygen atoms in total. The highest BCUT2D eigenvalue weighted by Crippen LogP contribution is 2.28. The molecule has 2 aromatic rings. The van der Waals surface area contributed by atoms with Crippen molar-refractivity contribution < 1.29 is 9.59 Å². The van der Waals surface area contributed by atoms with Gasteiger partial charge < -0.3 is 9.80 Å². The number of amides is 2. The maximum absolute atomic E-state index is 12.7. The van der Waals surface area contributed by atoms with Gasteiger partial charge in [-0.1, -0.05) is 13.8 Å². The molecule has 4 rings (SSSR count). The van der Waals surface area contributed by atoms with Crippen molar-refractivity contribution in [2.45, 2.75) is 58.4 Å². The Morgan fingerprint density at radius 1 is 1.17 bits per heavy atom. The molecule has 1 saturated heterocycles. The number of nitrogens with zero attached hydrogens (tertiary/aromatic N) is 5. The van der Waals surface area contributed by atoms with E-state index in [2.05, 4.69) is 29.0 Å². The van der Waals surface area contributed by atoms with Crippen LogP contribution < -0.4 is 0 Å². The average Bonchev–Trinajstić information content (AvgIpc) is 3.23. The van der Waals surface area contributed by atoms with Crippen LogP contribution in [0.25, 0.3) is 0 Å². The van der Waals surface area contributed by atoms with E-state index in [0.29, 0.717) is 37.8 Å². The lowest BCUT2D eigenvalue weighted by Gasteiger charge is -2.32. The van der Waals surface area contributed by atoms with Gasteiger partial charge in [-0.2, -0.15) is 5.10 Å². The molecule has 2 aliphatic heterocycles. The number of likely N-dealkylation sites (tertiary alicyclic amines) is 1. The van der Waals surface area contributed by atoms with Gasteiger partial charge in [0.15, 0.2) is 0 Å². The average molecular weight is 396 g/mol. The van der Waals surface area contributed by atoms with E-state index in [1.165, 1.54) is 0 Å². The summed E-state index contributed by atoms with van der Waals surface area (Å²) >= 11 is 0. The van der Waals surface area contributed by atoms with Crippen LogP contribution in [-0.2, 0) is 17.8 Å². The molecule has 0 radical (unpaired) electrons. The molecule has 29 heavy (non-hydrogen) atoms. The summed E-state index contributed by atoms with van der Waals surface area (Å²) in [5.41, 5.74) is 3.58. The highest BCUT2D eigenvalue weighted by molar-refractivity contribution is 5.92. The molecular formula is C21H28N6O2. The fourth-order valence-corrected chi connectivity index (χ4v) is 4.04. The molecule has 4 heterocycles. The van der Waals surface area contributed by atoms with Gasteiger partial charge in [-0.3, -0.25) is 14.7 Å². The van der Waals surface area contributed by atoms with Gasteiger partial charge in [-0.25, -0.2) is 9.97 Å². The van der Waals surface area contributed by atoms with Crippen LogP contribution in [0.4, 0.5) is 0 Å². The summed E-state index contributed by atoms with van der Waals surface area (Å²) in [5, 5.41) is 7.14. The zero-order valence-corrected chi connectivity index (χ0v) is 17.3. The molecule has 0 spiro atoms. The second kappa shape index (κ2) is 7.93. The zero-order chi connectivity index (χ0) is 20.5. The van der Waals surface area contributed by atoms with Crippen LogP contribution in [0, 0.1) is 0 Å². The number of H-pyrrole nitrogens is 1. The number of carbonyl (C=O) groups is 2. The van der Waals surface area contributed by atoms with Crippen LogP contribution >= 0.6 is 0 Å². The summed E-state index contributed by atoms with van der Waals surface area (Å²) in [6.07, 6.45) is 4.36. The monoisotopic (exact) mass is 396 g/mol. The molecule has 2 aromatic heterocycles. The van der Waals surface area contributed by atoms with Gasteiger partial charge in [0.05, 0.1) is 5.69 Å². The van der Waals surface area contributed by atoms with E-state index in [1.54, 1.807) is 6.92 Å². The maximum Gasteiger partial charge on any atom is 0.274 e. The molecule has 1 fully saturated rings. The topological polar surface area (TPSA) is 95.1 Å². The van der Waals surface area contributed by atoms with Crippen molar-refractivity contribution >= 4 is 11.8 Å². The minimum Gasteiger partial charge on any atom is -0.338 e. The molecule has 0 atom stereocenters. The predicted octanol–water partition coefficient (Wildman–Crippen LogP) is 2.25. The fraction of sp³-hybridized carbons (Fsp3) is 0.571. The van der Waals surface area contributed by atoms with Crippen molar-refractivity contribution in [3.63, 3.8) is 0 Å². The van der Waals surface area contributed by atoms with Crippen molar-refractivity contribution in [2.75, 3.05) is 19.6 Å². The Morgan fingerprint density at radius 2 is 1.93 bits per heavy atom. The molecule has 0 aromatic carbocycles. The maximum atomic E-state index is 12.7. The third-order valence-corrected chi connectivity index (χ3v) is 5.98. The Labute approximate surface area is 170 Å². The van der Waals surface area contributed by atoms with Gasteiger partial charge in [-0.15, -0.1) is 0 Å². The third kappa shape index (κ3) is 4.02. The van der Waals surface area contributed by atoms with E-state index in [1.807, 2.05) is 22.1 Å². The fourth-order valence-electron chi connectivity index (χ4n) is 4.04. The zero-order valence-electron chi connectivity index (χ0n) is 17.3. The normalized spacial score (nSPS) is 17.5. The quantitative estimate of drug-likeness (QED) is 0.859. The van der Waals surface area contributed by atoms with E-state index in [9.17, 15) is 9.59 Å². The lowest BCUT2D eigenvalue weighted by atomic mass is 9.95. The van der Waals surface area contributed by atoms with Crippen molar-refractivity contribution in [3.05, 3.63) is 40.7 Å². The lowest BCUT2D eigenvalue weighted by molar-refractivity contribution is -0.129. The van der Waals surface area contributed by atoms with Crippen LogP contribution in [0.2, 0.25) is 0 Å². The van der Waals surface area contributed by atoms with E-state index in [4.69, 9.17) is 4.98 Å². The number of rotatable bonds is 3. The first-order valence-corrected chi connectivity index (χ1v) is 10.4. The Bertz CT molecular complexity index is 914. The minimum absolute atomic E-state index is 0.0118. The number of hydrogen-bond donors (Lipinski definition) is 1. The predicted molar refractivity (Wildman–Crippen MR) is 107 cm³/mol. The number of hydrogen-bond acceptors (Lipinski definition) is 5. The summed E-state index contributed by atoms with van der Waals surface area (Å²) in [7, 11) is 0. The molecule has 0 saturated carbocycles. The number of nitrogens with one attached hydrogen (secondary N) is 1. The van der Waals surface area contributed by atoms with E-state index < -0.39 is 0 Å². The van der Waals surface area contributed by atoms with Gasteiger partial charge in [0.1, 0.15) is 11.5 Å². The second-order valence-corrected chi connectivity index (χ2v) is 8.32. The first-order chi connectivity index (χ1) is 13.9. The highest BCUT2D eigenvalue weighted by atomic mass is 16.2. The number of aromatic nitrogens is 4. The van der Waals surface area contributed by atoms with Gasteiger partial charge in [0.2, 0.25) is 5.91 Å². The van der Waals surface area contributed by atoms with Crippen molar-refractivity contribution in [2.24, 2.45) is 0 Å². The van der Waals surface area contributed by atoms with E-state index in [-0.39, 0.29) is 17.7 Å². The highest BCUT2D eigenvalue weighted by Gasteiger charge is 2.28. The Morgan fingerprint density at radius 3 is 2.59 bits per heavy atom. The number of piperidine rings is 1. The summed E-state index contributed by atoms with van der Waals surface area (Å²) in [6, 6.07) is 1.86. The minimum atomic E-state index is -0.0118. The largest absolute Gasteiger partial charge is 0.338 e. The van der Waals surface area contributed by atoms with Crippen LogP contribution in [0.1, 0.15) is 78.7 Å². The Hall–Kier alpha value is -2.77. The third-order valence-electron chi connectivity index (χ3n) is 5.98. The molecule has 0 bridgehead atoms. The molecule has 0 unspecified atom stereocenters. The van der Waals surface area contributed by atoms with Gasteiger partial charge in [-0.05, 0) is 24.8 Å². The SMILES string of the molecule is CC(=O)N1CCc2nc(C3CCN(C(=O)c4cc(C(C)C)[nH]n4)CC3)ncc2C1. The van der Waals surface area contributed by atoms with E-state index in [0.717, 1.165) is 42.0 Å². The second-order valence-electron chi connectivity index (χ2n) is 8.32. The molecule has 1 N–H and O–H groups in total. The van der Waals surface area contributed by atoms with Crippen molar-refractivity contribution in [3.8, 4) is 0 Å². The smallest absolute Gasteiger partial charge is 0.274 e. The van der Waals surface area contributed by atoms with Crippen LogP contribution in [0.3, 0.4) is 0 Å².